The molecule has 0 saturated heterocycles. The molecule has 0 atom stereocenters. The van der Waals surface area contributed by atoms with Crippen LogP contribution >= 0.6 is 0 Å². The Balaban J connectivity index is 2.63. The molecule has 78 valence electrons. The van der Waals surface area contributed by atoms with Crippen LogP contribution in [0.4, 0.5) is 0 Å². The van der Waals surface area contributed by atoms with E-state index in [1.54, 1.807) is 14.0 Å². The van der Waals surface area contributed by atoms with Crippen molar-refractivity contribution in [3.63, 3.8) is 0 Å². The number of carbonyl (C=O) groups is 1. The van der Waals surface area contributed by atoms with Gasteiger partial charge in [0.05, 0.1) is 7.05 Å². The Kier molecular flexibility index (Phi) is 2.98. The minimum absolute atomic E-state index is 0.0884. The monoisotopic (exact) mass is 196 g/mol. The number of tetrazole rings is 1. The first-order valence-electron chi connectivity index (χ1n) is 4.61. The molecule has 0 fully saturated rings. The van der Waals surface area contributed by atoms with Crippen LogP contribution in [0.15, 0.2) is 0 Å². The van der Waals surface area contributed by atoms with Gasteiger partial charge in [0.2, 0.25) is 0 Å². The third-order valence-electron chi connectivity index (χ3n) is 1.91. The van der Waals surface area contributed by atoms with E-state index < -0.39 is 0 Å². The fourth-order valence-electron chi connectivity index (χ4n) is 1.56. The normalized spacial score (nSPS) is 11.7. The van der Waals surface area contributed by atoms with Crippen LogP contribution < -0.4 is 0 Å². The molecule has 0 saturated carbocycles. The maximum absolute atomic E-state index is 11.0. The summed E-state index contributed by atoms with van der Waals surface area (Å²) in [5, 5.41) is 11.7. The molecule has 1 rings (SSSR count). The Morgan fingerprint density at radius 2 is 2.14 bits per heavy atom. The molecule has 0 N–H and O–H groups in total. The summed E-state index contributed by atoms with van der Waals surface area (Å²) in [6.45, 7) is 5.67. The summed E-state index contributed by atoms with van der Waals surface area (Å²) in [6, 6.07) is 0. The van der Waals surface area contributed by atoms with Gasteiger partial charge in [0, 0.05) is 12.8 Å². The van der Waals surface area contributed by atoms with Gasteiger partial charge in [0.1, 0.15) is 5.78 Å². The Morgan fingerprint density at radius 1 is 1.50 bits per heavy atom. The van der Waals surface area contributed by atoms with Crippen LogP contribution in [-0.4, -0.2) is 26.0 Å². The fraction of sp³-hybridized carbons (Fsp3) is 0.778. The second kappa shape index (κ2) is 3.86. The Hall–Kier alpha value is -1.26. The van der Waals surface area contributed by atoms with Crippen LogP contribution in [0, 0.1) is 5.41 Å². The lowest BCUT2D eigenvalue weighted by atomic mass is 9.84. The van der Waals surface area contributed by atoms with Crippen LogP contribution in [0.2, 0.25) is 0 Å². The number of nitrogens with zero attached hydrogens (tertiary/aromatic N) is 4. The van der Waals surface area contributed by atoms with Crippen molar-refractivity contribution < 1.29 is 4.79 Å². The Bertz CT molecular complexity index is 329. The maximum Gasteiger partial charge on any atom is 0.175 e. The SMILES string of the molecule is CC(=O)CC(C)(C)Cc1nnn(C)n1. The zero-order valence-electron chi connectivity index (χ0n) is 9.11. The van der Waals surface area contributed by atoms with Gasteiger partial charge in [-0.15, -0.1) is 10.2 Å². The smallest absolute Gasteiger partial charge is 0.175 e. The fourth-order valence-corrected chi connectivity index (χ4v) is 1.56. The van der Waals surface area contributed by atoms with E-state index in [2.05, 4.69) is 15.4 Å². The highest BCUT2D eigenvalue weighted by Crippen LogP contribution is 2.24. The predicted molar refractivity (Wildman–Crippen MR) is 51.6 cm³/mol. The van der Waals surface area contributed by atoms with Crippen molar-refractivity contribution in [1.29, 1.82) is 0 Å². The summed E-state index contributed by atoms with van der Waals surface area (Å²) >= 11 is 0. The first-order chi connectivity index (χ1) is 6.39. The number of carbonyl (C=O) groups excluding carboxylic acids is 1. The van der Waals surface area contributed by atoms with Crippen LogP contribution in [0.1, 0.15) is 33.0 Å². The molecular weight excluding hydrogens is 180 g/mol. The van der Waals surface area contributed by atoms with E-state index in [1.165, 1.54) is 4.80 Å². The predicted octanol–water partition coefficient (Wildman–Crippen LogP) is 0.758. The van der Waals surface area contributed by atoms with Gasteiger partial charge in [-0.2, -0.15) is 4.80 Å². The van der Waals surface area contributed by atoms with Gasteiger partial charge in [-0.3, -0.25) is 0 Å². The summed E-state index contributed by atoms with van der Waals surface area (Å²) in [6.07, 6.45) is 1.23. The Labute approximate surface area is 83.5 Å². The molecule has 1 aromatic heterocycles. The first-order valence-corrected chi connectivity index (χ1v) is 4.61. The minimum atomic E-state index is -0.0884. The lowest BCUT2D eigenvalue weighted by Gasteiger charge is -2.20. The first kappa shape index (κ1) is 10.8. The Morgan fingerprint density at radius 3 is 2.57 bits per heavy atom. The molecule has 0 unspecified atom stereocenters. The second-order valence-electron chi connectivity index (χ2n) is 4.41. The molecule has 5 nitrogen and oxygen atoms in total. The van der Waals surface area contributed by atoms with Crippen molar-refractivity contribution in [2.24, 2.45) is 12.5 Å². The lowest BCUT2D eigenvalue weighted by molar-refractivity contribution is -0.118. The van der Waals surface area contributed by atoms with Crippen molar-refractivity contribution in [2.45, 2.75) is 33.6 Å². The number of Topliss-reactive ketones (excluding diaryl/α,β-unsaturated/α-hetero) is 1. The number of ketones is 1. The molecule has 0 aliphatic carbocycles. The number of aryl methyl sites for hydroxylation is 1. The average molecular weight is 196 g/mol. The molecule has 0 radical (unpaired) electrons. The standard InChI is InChI=1S/C9H16N4O/c1-7(14)5-9(2,3)6-8-10-12-13(4)11-8/h5-6H2,1-4H3. The molecule has 0 amide bonds. The van der Waals surface area contributed by atoms with Crippen LogP contribution in [-0.2, 0) is 18.3 Å². The largest absolute Gasteiger partial charge is 0.300 e. The average Bonchev–Trinajstić information content (AvgIpc) is 2.30. The highest BCUT2D eigenvalue weighted by Gasteiger charge is 2.22. The molecule has 14 heavy (non-hydrogen) atoms. The van der Waals surface area contributed by atoms with E-state index in [0.717, 1.165) is 0 Å². The van der Waals surface area contributed by atoms with Gasteiger partial charge in [0.15, 0.2) is 5.82 Å². The zero-order valence-corrected chi connectivity index (χ0v) is 9.11. The summed E-state index contributed by atoms with van der Waals surface area (Å²) in [5.74, 6) is 0.887. The molecule has 0 bridgehead atoms. The van der Waals surface area contributed by atoms with Crippen molar-refractivity contribution in [3.8, 4) is 0 Å². The molecule has 0 aromatic carbocycles. The van der Waals surface area contributed by atoms with E-state index in [4.69, 9.17) is 0 Å². The molecule has 0 aliphatic rings. The van der Waals surface area contributed by atoms with Crippen molar-refractivity contribution in [2.75, 3.05) is 0 Å². The van der Waals surface area contributed by atoms with E-state index >= 15 is 0 Å². The second-order valence-corrected chi connectivity index (χ2v) is 4.41. The minimum Gasteiger partial charge on any atom is -0.300 e. The summed E-state index contributed by atoms with van der Waals surface area (Å²) in [4.78, 5) is 12.4. The van der Waals surface area contributed by atoms with Crippen molar-refractivity contribution >= 4 is 5.78 Å². The number of hydrogen-bond donors (Lipinski definition) is 0. The van der Waals surface area contributed by atoms with Gasteiger partial charge < -0.3 is 4.79 Å². The van der Waals surface area contributed by atoms with E-state index in [-0.39, 0.29) is 11.2 Å². The molecule has 1 heterocycles. The summed E-state index contributed by atoms with van der Waals surface area (Å²) in [7, 11) is 1.73. The molecule has 1 aromatic rings. The van der Waals surface area contributed by atoms with Gasteiger partial charge in [0.25, 0.3) is 0 Å². The van der Waals surface area contributed by atoms with E-state index in [1.807, 2.05) is 13.8 Å². The van der Waals surface area contributed by atoms with E-state index in [9.17, 15) is 4.79 Å². The number of aromatic nitrogens is 4. The number of hydrogen-bond acceptors (Lipinski definition) is 4. The third-order valence-corrected chi connectivity index (χ3v) is 1.91. The topological polar surface area (TPSA) is 60.7 Å². The van der Waals surface area contributed by atoms with Crippen LogP contribution in [0.25, 0.3) is 0 Å². The van der Waals surface area contributed by atoms with Gasteiger partial charge in [-0.1, -0.05) is 13.8 Å². The van der Waals surface area contributed by atoms with Crippen molar-refractivity contribution in [1.82, 2.24) is 20.2 Å². The highest BCUT2D eigenvalue weighted by molar-refractivity contribution is 5.76. The summed E-state index contributed by atoms with van der Waals surface area (Å²) in [5.41, 5.74) is -0.0884. The van der Waals surface area contributed by atoms with Crippen molar-refractivity contribution in [3.05, 3.63) is 5.82 Å². The highest BCUT2D eigenvalue weighted by atomic mass is 16.1. The molecular formula is C9H16N4O. The quantitative estimate of drug-likeness (QED) is 0.713. The molecule has 0 spiro atoms. The van der Waals surface area contributed by atoms with Gasteiger partial charge in [-0.25, -0.2) is 0 Å². The van der Waals surface area contributed by atoms with Crippen LogP contribution in [0.3, 0.4) is 0 Å². The van der Waals surface area contributed by atoms with Gasteiger partial charge in [-0.05, 0) is 17.6 Å². The third kappa shape index (κ3) is 3.24. The van der Waals surface area contributed by atoms with Gasteiger partial charge >= 0.3 is 0 Å². The number of rotatable bonds is 4. The maximum atomic E-state index is 11.0. The molecule has 5 heteroatoms. The van der Waals surface area contributed by atoms with Crippen LogP contribution in [0.5, 0.6) is 0 Å². The molecule has 0 aliphatic heterocycles. The van der Waals surface area contributed by atoms with E-state index in [0.29, 0.717) is 18.7 Å². The zero-order chi connectivity index (χ0) is 10.8. The summed E-state index contributed by atoms with van der Waals surface area (Å²) < 4.78 is 0. The lowest BCUT2D eigenvalue weighted by Crippen LogP contribution is -2.19.